The molecular weight excluding hydrogens is 237 g/mol. The second-order valence-corrected chi connectivity index (χ2v) is 4.23. The molecule has 5 nitrogen and oxygen atoms in total. The number of aliphatic carboxylic acids is 1. The quantitative estimate of drug-likeness (QED) is 0.723. The highest BCUT2D eigenvalue weighted by Gasteiger charge is 2.24. The van der Waals surface area contributed by atoms with E-state index in [1.807, 2.05) is 4.90 Å². The molecular formula is C12H16FN3O2. The highest BCUT2D eigenvalue weighted by molar-refractivity contribution is 5.78. The summed E-state index contributed by atoms with van der Waals surface area (Å²) in [6, 6.07) is 3.18. The number of carbonyl (C=O) groups is 1. The molecule has 0 aliphatic carbocycles. The first-order valence-electron chi connectivity index (χ1n) is 5.83. The van der Waals surface area contributed by atoms with Gasteiger partial charge in [0, 0.05) is 31.7 Å². The summed E-state index contributed by atoms with van der Waals surface area (Å²) in [5, 5.41) is 12.1. The lowest BCUT2D eigenvalue weighted by atomic mass is 10.0. The largest absolute Gasteiger partial charge is 0.480 e. The molecule has 6 heteroatoms. The van der Waals surface area contributed by atoms with Gasteiger partial charge in [-0.15, -0.1) is 0 Å². The van der Waals surface area contributed by atoms with Crippen LogP contribution in [0.1, 0.15) is 11.6 Å². The first kappa shape index (κ1) is 12.8. The van der Waals surface area contributed by atoms with Gasteiger partial charge >= 0.3 is 5.97 Å². The van der Waals surface area contributed by atoms with Crippen LogP contribution in [0.15, 0.2) is 18.2 Å². The number of hydrogen-bond donors (Lipinski definition) is 3. The molecule has 0 amide bonds. The zero-order chi connectivity index (χ0) is 13.1. The zero-order valence-corrected chi connectivity index (χ0v) is 9.90. The number of carboxylic acids is 1. The Bertz CT molecular complexity index is 447. The topological polar surface area (TPSA) is 78.6 Å². The minimum absolute atomic E-state index is 0.314. The van der Waals surface area contributed by atoms with Crippen LogP contribution >= 0.6 is 0 Å². The van der Waals surface area contributed by atoms with E-state index in [9.17, 15) is 9.18 Å². The number of piperazine rings is 1. The van der Waals surface area contributed by atoms with Crippen molar-refractivity contribution in [2.45, 2.75) is 6.04 Å². The Labute approximate surface area is 104 Å². The lowest BCUT2D eigenvalue weighted by Gasteiger charge is -2.32. The van der Waals surface area contributed by atoms with Crippen LogP contribution in [0.4, 0.5) is 10.1 Å². The Balaban J connectivity index is 2.40. The van der Waals surface area contributed by atoms with Crippen molar-refractivity contribution in [3.8, 4) is 0 Å². The standard InChI is InChI=1S/C12H16FN3O2/c13-9-3-1-2-8(10(14)12(17)18)11(9)16-6-4-15-5-7-16/h1-3,10,15H,4-7,14H2,(H,17,18)/t10-/m0/s1. The maximum Gasteiger partial charge on any atom is 0.325 e. The Hall–Kier alpha value is -1.66. The van der Waals surface area contributed by atoms with E-state index in [1.54, 1.807) is 6.07 Å². The summed E-state index contributed by atoms with van der Waals surface area (Å²) in [6.45, 7) is 2.77. The molecule has 1 heterocycles. The molecule has 0 aromatic heterocycles. The molecule has 1 atom stereocenters. The van der Waals surface area contributed by atoms with E-state index >= 15 is 0 Å². The fourth-order valence-electron chi connectivity index (χ4n) is 2.14. The predicted octanol–water partition coefficient (Wildman–Crippen LogP) is 0.320. The number of halogens is 1. The van der Waals surface area contributed by atoms with Gasteiger partial charge in [0.25, 0.3) is 0 Å². The first-order valence-corrected chi connectivity index (χ1v) is 5.83. The van der Waals surface area contributed by atoms with Crippen molar-refractivity contribution in [3.05, 3.63) is 29.6 Å². The maximum atomic E-state index is 13.9. The number of hydrogen-bond acceptors (Lipinski definition) is 4. The molecule has 98 valence electrons. The van der Waals surface area contributed by atoms with E-state index in [0.29, 0.717) is 24.3 Å². The number of nitrogens with two attached hydrogens (primary N) is 1. The predicted molar refractivity (Wildman–Crippen MR) is 66.0 cm³/mol. The third-order valence-electron chi connectivity index (χ3n) is 3.05. The van der Waals surface area contributed by atoms with Gasteiger partial charge in [-0.2, -0.15) is 0 Å². The summed E-state index contributed by atoms with van der Waals surface area (Å²) in [4.78, 5) is 12.8. The van der Waals surface area contributed by atoms with Gasteiger partial charge < -0.3 is 21.1 Å². The average Bonchev–Trinajstić information content (AvgIpc) is 2.38. The van der Waals surface area contributed by atoms with Crippen molar-refractivity contribution in [1.82, 2.24) is 5.32 Å². The third-order valence-corrected chi connectivity index (χ3v) is 3.05. The van der Waals surface area contributed by atoms with Crippen molar-refractivity contribution >= 4 is 11.7 Å². The van der Waals surface area contributed by atoms with Gasteiger partial charge in [-0.3, -0.25) is 4.79 Å². The SMILES string of the molecule is N[C@H](C(=O)O)c1cccc(F)c1N1CCNCC1. The number of rotatable bonds is 3. The van der Waals surface area contributed by atoms with Crippen LogP contribution in [0.2, 0.25) is 0 Å². The van der Waals surface area contributed by atoms with Gasteiger partial charge in [-0.05, 0) is 6.07 Å². The first-order chi connectivity index (χ1) is 8.61. The van der Waals surface area contributed by atoms with E-state index in [4.69, 9.17) is 10.8 Å². The molecule has 0 spiro atoms. The fraction of sp³-hybridized carbons (Fsp3) is 0.417. The van der Waals surface area contributed by atoms with Crippen LogP contribution in [-0.4, -0.2) is 37.3 Å². The second kappa shape index (κ2) is 5.32. The molecule has 1 aliphatic rings. The molecule has 1 aliphatic heterocycles. The van der Waals surface area contributed by atoms with Crippen LogP contribution in [0.3, 0.4) is 0 Å². The number of carboxylic acid groups (broad SMARTS) is 1. The number of nitrogens with zero attached hydrogens (tertiary/aromatic N) is 1. The average molecular weight is 253 g/mol. The number of para-hydroxylation sites is 1. The summed E-state index contributed by atoms with van der Waals surface area (Å²) < 4.78 is 13.9. The van der Waals surface area contributed by atoms with Crippen molar-refractivity contribution < 1.29 is 14.3 Å². The zero-order valence-electron chi connectivity index (χ0n) is 9.90. The van der Waals surface area contributed by atoms with Crippen LogP contribution in [0.5, 0.6) is 0 Å². The summed E-state index contributed by atoms with van der Waals surface area (Å²) in [7, 11) is 0. The molecule has 1 aromatic rings. The summed E-state index contributed by atoms with van der Waals surface area (Å²) in [5.74, 6) is -1.58. The van der Waals surface area contributed by atoms with Crippen LogP contribution < -0.4 is 16.0 Å². The fourth-order valence-corrected chi connectivity index (χ4v) is 2.14. The van der Waals surface area contributed by atoms with E-state index in [2.05, 4.69) is 5.32 Å². The van der Waals surface area contributed by atoms with Crippen LogP contribution in [0.25, 0.3) is 0 Å². The lowest BCUT2D eigenvalue weighted by Crippen LogP contribution is -2.44. The second-order valence-electron chi connectivity index (χ2n) is 4.23. The smallest absolute Gasteiger partial charge is 0.325 e. The molecule has 4 N–H and O–H groups in total. The van der Waals surface area contributed by atoms with Crippen LogP contribution in [-0.2, 0) is 4.79 Å². The summed E-state index contributed by atoms with van der Waals surface area (Å²) >= 11 is 0. The maximum absolute atomic E-state index is 13.9. The molecule has 1 fully saturated rings. The highest BCUT2D eigenvalue weighted by atomic mass is 19.1. The number of anilines is 1. The Morgan fingerprint density at radius 2 is 2.11 bits per heavy atom. The Morgan fingerprint density at radius 3 is 2.72 bits per heavy atom. The minimum atomic E-state index is -1.20. The number of benzene rings is 1. The van der Waals surface area contributed by atoms with Crippen molar-refractivity contribution in [3.63, 3.8) is 0 Å². The number of nitrogens with one attached hydrogen (secondary N) is 1. The van der Waals surface area contributed by atoms with E-state index < -0.39 is 17.8 Å². The van der Waals surface area contributed by atoms with E-state index in [1.165, 1.54) is 12.1 Å². The molecule has 0 bridgehead atoms. The lowest BCUT2D eigenvalue weighted by molar-refractivity contribution is -0.138. The van der Waals surface area contributed by atoms with Crippen molar-refractivity contribution in [2.24, 2.45) is 5.73 Å². The van der Waals surface area contributed by atoms with Gasteiger partial charge in [0.1, 0.15) is 11.9 Å². The van der Waals surface area contributed by atoms with Crippen molar-refractivity contribution in [2.75, 3.05) is 31.1 Å². The summed E-state index contributed by atoms with van der Waals surface area (Å²) in [5.41, 5.74) is 6.24. The van der Waals surface area contributed by atoms with E-state index in [0.717, 1.165) is 13.1 Å². The molecule has 1 aromatic carbocycles. The minimum Gasteiger partial charge on any atom is -0.480 e. The highest BCUT2D eigenvalue weighted by Crippen LogP contribution is 2.28. The van der Waals surface area contributed by atoms with Gasteiger partial charge in [-0.25, -0.2) is 4.39 Å². The van der Waals surface area contributed by atoms with Gasteiger partial charge in [0.15, 0.2) is 0 Å². The molecule has 2 rings (SSSR count). The van der Waals surface area contributed by atoms with Gasteiger partial charge in [-0.1, -0.05) is 12.1 Å². The summed E-state index contributed by atoms with van der Waals surface area (Å²) in [6.07, 6.45) is 0. The third kappa shape index (κ3) is 2.44. The van der Waals surface area contributed by atoms with Gasteiger partial charge in [0.2, 0.25) is 0 Å². The molecule has 0 unspecified atom stereocenters. The molecule has 0 saturated carbocycles. The van der Waals surface area contributed by atoms with Crippen molar-refractivity contribution in [1.29, 1.82) is 0 Å². The van der Waals surface area contributed by atoms with E-state index in [-0.39, 0.29) is 0 Å². The molecule has 1 saturated heterocycles. The molecule has 18 heavy (non-hydrogen) atoms. The molecule has 0 radical (unpaired) electrons. The Morgan fingerprint density at radius 1 is 1.44 bits per heavy atom. The van der Waals surface area contributed by atoms with Gasteiger partial charge in [0.05, 0.1) is 5.69 Å². The van der Waals surface area contributed by atoms with Crippen LogP contribution in [0, 0.1) is 5.82 Å². The Kier molecular flexibility index (Phi) is 3.78. The monoisotopic (exact) mass is 253 g/mol. The normalized spacial score (nSPS) is 17.6.